The van der Waals surface area contributed by atoms with Crippen molar-refractivity contribution in [1.82, 2.24) is 4.90 Å². The first kappa shape index (κ1) is 11.7. The van der Waals surface area contributed by atoms with Gasteiger partial charge in [-0.1, -0.05) is 19.1 Å². The van der Waals surface area contributed by atoms with Crippen LogP contribution >= 0.6 is 0 Å². The molecule has 1 saturated heterocycles. The Labute approximate surface area is 114 Å². The normalized spacial score (nSPS) is 45.3. The van der Waals surface area contributed by atoms with E-state index in [1.54, 1.807) is 0 Å². The molecule has 3 heteroatoms. The molecule has 0 amide bonds. The minimum Gasteiger partial charge on any atom is -0.504 e. The fourth-order valence-corrected chi connectivity index (χ4v) is 5.26. The van der Waals surface area contributed by atoms with Crippen LogP contribution in [0.2, 0.25) is 0 Å². The lowest BCUT2D eigenvalue weighted by atomic mass is 9.52. The predicted octanol–water partition coefficient (Wildman–Crippen LogP) is 2.45. The third-order valence-corrected chi connectivity index (χ3v) is 5.82. The van der Waals surface area contributed by atoms with E-state index in [1.807, 2.05) is 6.08 Å². The summed E-state index contributed by atoms with van der Waals surface area (Å²) in [4.78, 5) is 15.0. The van der Waals surface area contributed by atoms with E-state index >= 15 is 0 Å². The Kier molecular flexibility index (Phi) is 2.29. The summed E-state index contributed by atoms with van der Waals surface area (Å²) in [6, 6.07) is 0. The highest BCUT2D eigenvalue weighted by Gasteiger charge is 2.60. The van der Waals surface area contributed by atoms with Gasteiger partial charge in [0.15, 0.2) is 5.76 Å². The van der Waals surface area contributed by atoms with Gasteiger partial charge in [0.2, 0.25) is 5.78 Å². The SMILES string of the molecule is C[C@@H]1C[C@@H]2C(=O)C(O)=C3C=CCN4CCC[C@H]2[C@]34C1. The molecule has 3 nitrogen and oxygen atoms in total. The number of rotatable bonds is 0. The summed E-state index contributed by atoms with van der Waals surface area (Å²) in [6.07, 6.45) is 8.52. The van der Waals surface area contributed by atoms with Gasteiger partial charge in [0, 0.05) is 18.0 Å². The zero-order valence-electron chi connectivity index (χ0n) is 11.4. The number of Topliss-reactive ketones (excluding diaryl/α,β-unsaturated/α-hetero) is 1. The minimum absolute atomic E-state index is 0.00979. The van der Waals surface area contributed by atoms with Gasteiger partial charge in [-0.3, -0.25) is 9.69 Å². The second-order valence-corrected chi connectivity index (χ2v) is 6.80. The lowest BCUT2D eigenvalue weighted by Crippen LogP contribution is -2.67. The van der Waals surface area contributed by atoms with Gasteiger partial charge >= 0.3 is 0 Å². The number of piperidine rings is 1. The lowest BCUT2D eigenvalue weighted by molar-refractivity contribution is -0.136. The van der Waals surface area contributed by atoms with Crippen LogP contribution in [0, 0.1) is 17.8 Å². The molecule has 0 aromatic carbocycles. The molecule has 0 aromatic rings. The van der Waals surface area contributed by atoms with Gasteiger partial charge in [-0.15, -0.1) is 0 Å². The number of hydrogen-bond donors (Lipinski definition) is 1. The number of carbonyl (C=O) groups is 1. The maximum absolute atomic E-state index is 12.5. The molecule has 1 N–H and O–H groups in total. The Morgan fingerprint density at radius 1 is 1.47 bits per heavy atom. The summed E-state index contributed by atoms with van der Waals surface area (Å²) in [5.74, 6) is 1.13. The van der Waals surface area contributed by atoms with E-state index in [4.69, 9.17) is 0 Å². The van der Waals surface area contributed by atoms with Gasteiger partial charge in [0.05, 0.1) is 5.54 Å². The van der Waals surface area contributed by atoms with Crippen LogP contribution in [-0.4, -0.2) is 34.4 Å². The van der Waals surface area contributed by atoms with E-state index in [0.29, 0.717) is 11.8 Å². The molecule has 19 heavy (non-hydrogen) atoms. The van der Waals surface area contributed by atoms with Crippen molar-refractivity contribution in [2.75, 3.05) is 13.1 Å². The van der Waals surface area contributed by atoms with E-state index in [-0.39, 0.29) is 23.0 Å². The first-order valence-corrected chi connectivity index (χ1v) is 7.54. The average Bonchev–Trinajstić information content (AvgIpc) is 2.40. The number of aliphatic hydroxyl groups excluding tert-OH is 1. The summed E-state index contributed by atoms with van der Waals surface area (Å²) in [5, 5.41) is 10.4. The van der Waals surface area contributed by atoms with Crippen LogP contribution < -0.4 is 0 Å². The third kappa shape index (κ3) is 1.29. The molecule has 2 aliphatic heterocycles. The largest absolute Gasteiger partial charge is 0.504 e. The number of nitrogens with zero attached hydrogens (tertiary/aromatic N) is 1. The van der Waals surface area contributed by atoms with E-state index in [2.05, 4.69) is 17.9 Å². The highest BCUT2D eigenvalue weighted by Crippen LogP contribution is 2.57. The van der Waals surface area contributed by atoms with Gasteiger partial charge in [-0.05, 0) is 44.1 Å². The molecular weight excluding hydrogens is 238 g/mol. The highest BCUT2D eigenvalue weighted by molar-refractivity contribution is 5.98. The molecule has 2 aliphatic carbocycles. The molecule has 4 rings (SSSR count). The van der Waals surface area contributed by atoms with Gasteiger partial charge in [-0.2, -0.15) is 0 Å². The summed E-state index contributed by atoms with van der Waals surface area (Å²) in [6.45, 7) is 4.34. The second-order valence-electron chi connectivity index (χ2n) is 6.80. The summed E-state index contributed by atoms with van der Waals surface area (Å²) < 4.78 is 0. The van der Waals surface area contributed by atoms with Crippen molar-refractivity contribution in [3.8, 4) is 0 Å². The van der Waals surface area contributed by atoms with Crippen LogP contribution in [0.1, 0.15) is 32.6 Å². The van der Waals surface area contributed by atoms with Crippen LogP contribution in [0.15, 0.2) is 23.5 Å². The summed E-state index contributed by atoms with van der Waals surface area (Å²) in [5.41, 5.74) is 0.893. The molecule has 102 valence electrons. The molecular formula is C16H21NO2. The Morgan fingerprint density at radius 2 is 2.32 bits per heavy atom. The zero-order valence-corrected chi connectivity index (χ0v) is 11.4. The number of allylic oxidation sites excluding steroid dienone is 1. The van der Waals surface area contributed by atoms with Crippen LogP contribution in [0.4, 0.5) is 0 Å². The minimum atomic E-state index is -0.0344. The first-order chi connectivity index (χ1) is 9.14. The van der Waals surface area contributed by atoms with E-state index in [9.17, 15) is 9.90 Å². The Hall–Kier alpha value is -1.09. The van der Waals surface area contributed by atoms with Crippen LogP contribution in [-0.2, 0) is 4.79 Å². The van der Waals surface area contributed by atoms with Crippen molar-refractivity contribution >= 4 is 5.78 Å². The first-order valence-electron chi connectivity index (χ1n) is 7.54. The van der Waals surface area contributed by atoms with Crippen molar-refractivity contribution in [2.24, 2.45) is 17.8 Å². The summed E-state index contributed by atoms with van der Waals surface area (Å²) in [7, 11) is 0. The van der Waals surface area contributed by atoms with E-state index in [0.717, 1.165) is 37.9 Å². The Bertz CT molecular complexity index is 507. The highest BCUT2D eigenvalue weighted by atomic mass is 16.3. The standard InChI is InChI=1S/C16H21NO2/c1-10-8-11-12-4-2-6-17-7-3-5-13(15(19)14(11)18)16(12,17)9-10/h3,5,10-12,19H,2,4,6-9H2,1H3/t10-,11+,12-,16-/m1/s1. The smallest absolute Gasteiger partial charge is 0.200 e. The van der Waals surface area contributed by atoms with Gasteiger partial charge < -0.3 is 5.11 Å². The monoisotopic (exact) mass is 259 g/mol. The molecule has 1 spiro atoms. The quantitative estimate of drug-likeness (QED) is 0.726. The third-order valence-electron chi connectivity index (χ3n) is 5.82. The van der Waals surface area contributed by atoms with Crippen molar-refractivity contribution in [3.63, 3.8) is 0 Å². The Morgan fingerprint density at radius 3 is 3.16 bits per heavy atom. The number of carbonyl (C=O) groups excluding carboxylic acids is 1. The van der Waals surface area contributed by atoms with Gasteiger partial charge in [0.1, 0.15) is 0 Å². The van der Waals surface area contributed by atoms with Crippen LogP contribution in [0.3, 0.4) is 0 Å². The van der Waals surface area contributed by atoms with Gasteiger partial charge in [0.25, 0.3) is 0 Å². The topological polar surface area (TPSA) is 40.5 Å². The molecule has 2 heterocycles. The van der Waals surface area contributed by atoms with Crippen molar-refractivity contribution in [3.05, 3.63) is 23.5 Å². The lowest BCUT2D eigenvalue weighted by Gasteiger charge is -2.61. The molecule has 1 saturated carbocycles. The van der Waals surface area contributed by atoms with Crippen LogP contribution in [0.5, 0.6) is 0 Å². The zero-order chi connectivity index (χ0) is 13.2. The fraction of sp³-hybridized carbons (Fsp3) is 0.688. The Balaban J connectivity index is 1.98. The van der Waals surface area contributed by atoms with Crippen molar-refractivity contribution in [1.29, 1.82) is 0 Å². The molecule has 0 radical (unpaired) electrons. The summed E-state index contributed by atoms with van der Waals surface area (Å²) >= 11 is 0. The molecule has 2 bridgehead atoms. The maximum Gasteiger partial charge on any atom is 0.200 e. The van der Waals surface area contributed by atoms with E-state index in [1.165, 1.54) is 6.42 Å². The fourth-order valence-electron chi connectivity index (χ4n) is 5.26. The van der Waals surface area contributed by atoms with Crippen LogP contribution in [0.25, 0.3) is 0 Å². The number of ketones is 1. The number of hydrogen-bond acceptors (Lipinski definition) is 3. The van der Waals surface area contributed by atoms with E-state index < -0.39 is 0 Å². The predicted molar refractivity (Wildman–Crippen MR) is 72.7 cm³/mol. The molecule has 4 atom stereocenters. The average molecular weight is 259 g/mol. The molecule has 0 aromatic heterocycles. The second kappa shape index (κ2) is 3.72. The molecule has 4 aliphatic rings. The van der Waals surface area contributed by atoms with Crippen molar-refractivity contribution < 1.29 is 9.90 Å². The van der Waals surface area contributed by atoms with Gasteiger partial charge in [-0.25, -0.2) is 0 Å². The molecule has 0 unspecified atom stereocenters. The maximum atomic E-state index is 12.5. The number of aliphatic hydroxyl groups is 1. The molecule has 2 fully saturated rings. The van der Waals surface area contributed by atoms with Crippen molar-refractivity contribution in [2.45, 2.75) is 38.1 Å².